The van der Waals surface area contributed by atoms with Gasteiger partial charge in [0, 0.05) is 31.7 Å². The lowest BCUT2D eigenvalue weighted by atomic mass is 10.1. The number of rotatable bonds is 7. The average Bonchev–Trinajstić information content (AvgIpc) is 2.02. The lowest BCUT2D eigenvalue weighted by Crippen LogP contribution is -2.41. The summed E-state index contributed by atoms with van der Waals surface area (Å²) in [5.41, 5.74) is 0.202. The summed E-state index contributed by atoms with van der Waals surface area (Å²) in [5, 5.41) is 3.46. The van der Waals surface area contributed by atoms with Crippen LogP contribution in [0.1, 0.15) is 20.8 Å². The minimum atomic E-state index is 0.202. The Balaban J connectivity index is 3.70. The van der Waals surface area contributed by atoms with E-state index in [9.17, 15) is 0 Å². The first-order valence-electron chi connectivity index (χ1n) is 5.19. The van der Waals surface area contributed by atoms with Crippen LogP contribution in [0.25, 0.3) is 0 Å². The zero-order valence-electron chi connectivity index (χ0n) is 9.84. The maximum absolute atomic E-state index is 3.74. The van der Waals surface area contributed by atoms with E-state index < -0.39 is 0 Å². The summed E-state index contributed by atoms with van der Waals surface area (Å²) in [6.07, 6.45) is 3.86. The molecule has 82 valence electrons. The van der Waals surface area contributed by atoms with E-state index in [2.05, 4.69) is 44.1 Å². The van der Waals surface area contributed by atoms with Gasteiger partial charge >= 0.3 is 0 Å². The normalized spacial score (nSPS) is 11.7. The van der Waals surface area contributed by atoms with Crippen LogP contribution in [0.4, 0.5) is 0 Å². The Hall–Kier alpha value is -0.600. The molecular weight excluding hydrogens is 172 g/mol. The van der Waals surface area contributed by atoms with Gasteiger partial charge in [0.25, 0.3) is 0 Å². The maximum Gasteiger partial charge on any atom is 0.0164 e. The van der Waals surface area contributed by atoms with E-state index in [-0.39, 0.29) is 5.54 Å². The van der Waals surface area contributed by atoms with Gasteiger partial charge in [0.2, 0.25) is 0 Å². The quantitative estimate of drug-likeness (QED) is 0.627. The van der Waals surface area contributed by atoms with Gasteiger partial charge in [-0.25, -0.2) is 0 Å². The Morgan fingerprint density at radius 2 is 1.64 bits per heavy atom. The van der Waals surface area contributed by atoms with Crippen LogP contribution in [0.15, 0.2) is 25.3 Å². The Morgan fingerprint density at radius 3 is 2.00 bits per heavy atom. The fourth-order valence-electron chi connectivity index (χ4n) is 1.21. The second-order valence-electron chi connectivity index (χ2n) is 4.51. The summed E-state index contributed by atoms with van der Waals surface area (Å²) in [4.78, 5) is 2.30. The van der Waals surface area contributed by atoms with Crippen LogP contribution >= 0.6 is 0 Å². The Morgan fingerprint density at radius 1 is 1.14 bits per heavy atom. The molecule has 0 bridgehead atoms. The molecule has 0 amide bonds. The van der Waals surface area contributed by atoms with Crippen LogP contribution in [-0.2, 0) is 0 Å². The molecule has 0 saturated carbocycles. The van der Waals surface area contributed by atoms with E-state index in [0.717, 1.165) is 26.2 Å². The first-order chi connectivity index (χ1) is 6.49. The number of nitrogens with one attached hydrogen (secondary N) is 1. The molecule has 0 spiro atoms. The molecule has 0 aromatic carbocycles. The molecule has 14 heavy (non-hydrogen) atoms. The molecule has 1 N–H and O–H groups in total. The zero-order chi connectivity index (χ0) is 11.0. The van der Waals surface area contributed by atoms with Gasteiger partial charge in [-0.3, -0.25) is 4.90 Å². The predicted octanol–water partition coefficient (Wildman–Crippen LogP) is 2.05. The van der Waals surface area contributed by atoms with Crippen LogP contribution in [0, 0.1) is 0 Å². The van der Waals surface area contributed by atoms with Crippen molar-refractivity contribution >= 4 is 0 Å². The SMILES string of the molecule is C=CCN(CC=C)CCNC(C)(C)C. The number of hydrogen-bond donors (Lipinski definition) is 1. The molecule has 0 saturated heterocycles. The van der Waals surface area contributed by atoms with Crippen molar-refractivity contribution < 1.29 is 0 Å². The van der Waals surface area contributed by atoms with Gasteiger partial charge in [0.1, 0.15) is 0 Å². The summed E-state index contributed by atoms with van der Waals surface area (Å²) < 4.78 is 0. The van der Waals surface area contributed by atoms with Gasteiger partial charge in [-0.2, -0.15) is 0 Å². The fraction of sp³-hybridized carbons (Fsp3) is 0.667. The van der Waals surface area contributed by atoms with Gasteiger partial charge in [-0.1, -0.05) is 12.2 Å². The second-order valence-corrected chi connectivity index (χ2v) is 4.51. The molecule has 0 aliphatic rings. The predicted molar refractivity (Wildman–Crippen MR) is 64.6 cm³/mol. The van der Waals surface area contributed by atoms with E-state index in [4.69, 9.17) is 0 Å². The van der Waals surface area contributed by atoms with E-state index in [1.54, 1.807) is 0 Å². The highest BCUT2D eigenvalue weighted by atomic mass is 15.1. The van der Waals surface area contributed by atoms with E-state index in [1.807, 2.05) is 12.2 Å². The van der Waals surface area contributed by atoms with Crippen molar-refractivity contribution in [2.24, 2.45) is 0 Å². The molecule has 0 aromatic rings. The van der Waals surface area contributed by atoms with Crippen molar-refractivity contribution in [3.63, 3.8) is 0 Å². The van der Waals surface area contributed by atoms with Crippen molar-refractivity contribution in [2.75, 3.05) is 26.2 Å². The molecule has 0 atom stereocenters. The van der Waals surface area contributed by atoms with Crippen LogP contribution < -0.4 is 5.32 Å². The van der Waals surface area contributed by atoms with Crippen molar-refractivity contribution in [1.29, 1.82) is 0 Å². The largest absolute Gasteiger partial charge is 0.311 e. The van der Waals surface area contributed by atoms with Gasteiger partial charge in [-0.15, -0.1) is 13.2 Å². The van der Waals surface area contributed by atoms with E-state index in [1.165, 1.54) is 0 Å². The first-order valence-corrected chi connectivity index (χ1v) is 5.19. The van der Waals surface area contributed by atoms with Crippen LogP contribution in [0.5, 0.6) is 0 Å². The lowest BCUT2D eigenvalue weighted by molar-refractivity contribution is 0.309. The molecule has 2 nitrogen and oxygen atoms in total. The summed E-state index contributed by atoms with van der Waals surface area (Å²) in [5.74, 6) is 0. The third-order valence-corrected chi connectivity index (χ3v) is 1.86. The maximum atomic E-state index is 3.74. The van der Waals surface area contributed by atoms with Gasteiger partial charge in [-0.05, 0) is 20.8 Å². The summed E-state index contributed by atoms with van der Waals surface area (Å²) >= 11 is 0. The molecule has 0 aromatic heterocycles. The molecule has 0 aliphatic heterocycles. The monoisotopic (exact) mass is 196 g/mol. The Bertz CT molecular complexity index is 158. The van der Waals surface area contributed by atoms with E-state index in [0.29, 0.717) is 0 Å². The van der Waals surface area contributed by atoms with Crippen LogP contribution in [0.2, 0.25) is 0 Å². The highest BCUT2D eigenvalue weighted by Crippen LogP contribution is 1.97. The third-order valence-electron chi connectivity index (χ3n) is 1.86. The van der Waals surface area contributed by atoms with Crippen molar-refractivity contribution in [2.45, 2.75) is 26.3 Å². The number of nitrogens with zero attached hydrogens (tertiary/aromatic N) is 1. The van der Waals surface area contributed by atoms with E-state index >= 15 is 0 Å². The molecule has 0 aliphatic carbocycles. The summed E-state index contributed by atoms with van der Waals surface area (Å²) in [6.45, 7) is 17.9. The minimum Gasteiger partial charge on any atom is -0.311 e. The molecular formula is C12H24N2. The van der Waals surface area contributed by atoms with Crippen molar-refractivity contribution in [3.05, 3.63) is 25.3 Å². The fourth-order valence-corrected chi connectivity index (χ4v) is 1.21. The molecule has 0 heterocycles. The zero-order valence-corrected chi connectivity index (χ0v) is 9.84. The molecule has 2 heteroatoms. The van der Waals surface area contributed by atoms with Gasteiger partial charge in [0.05, 0.1) is 0 Å². The minimum absolute atomic E-state index is 0.202. The van der Waals surface area contributed by atoms with Crippen LogP contribution in [-0.4, -0.2) is 36.6 Å². The Labute approximate surface area is 88.7 Å². The van der Waals surface area contributed by atoms with Crippen molar-refractivity contribution in [3.8, 4) is 0 Å². The Kier molecular flexibility index (Phi) is 6.50. The molecule has 0 radical (unpaired) electrons. The summed E-state index contributed by atoms with van der Waals surface area (Å²) in [6, 6.07) is 0. The summed E-state index contributed by atoms with van der Waals surface area (Å²) in [7, 11) is 0. The van der Waals surface area contributed by atoms with Gasteiger partial charge in [0.15, 0.2) is 0 Å². The third kappa shape index (κ3) is 8.02. The first kappa shape index (κ1) is 13.4. The molecule has 0 fully saturated rings. The highest BCUT2D eigenvalue weighted by molar-refractivity contribution is 4.81. The van der Waals surface area contributed by atoms with Gasteiger partial charge < -0.3 is 5.32 Å². The smallest absolute Gasteiger partial charge is 0.0164 e. The molecule has 0 unspecified atom stereocenters. The standard InChI is InChI=1S/C12H24N2/c1-6-9-14(10-7-2)11-8-13-12(3,4)5/h6-7,13H,1-2,8-11H2,3-5H3. The second kappa shape index (κ2) is 6.80. The topological polar surface area (TPSA) is 15.3 Å². The van der Waals surface area contributed by atoms with Crippen molar-refractivity contribution in [1.82, 2.24) is 10.2 Å². The average molecular weight is 196 g/mol. The molecule has 0 rings (SSSR count). The number of hydrogen-bond acceptors (Lipinski definition) is 2. The lowest BCUT2D eigenvalue weighted by Gasteiger charge is -2.24. The van der Waals surface area contributed by atoms with Crippen LogP contribution in [0.3, 0.4) is 0 Å². The highest BCUT2D eigenvalue weighted by Gasteiger charge is 2.08.